The van der Waals surface area contributed by atoms with Crippen LogP contribution in [0.25, 0.3) is 22.3 Å². The fraction of sp³-hybridized carbons (Fsp3) is 0.0952. The quantitative estimate of drug-likeness (QED) is 0.534. The van der Waals surface area contributed by atoms with E-state index in [0.29, 0.717) is 12.1 Å². The van der Waals surface area contributed by atoms with E-state index >= 15 is 0 Å². The number of rotatable bonds is 2. The van der Waals surface area contributed by atoms with Gasteiger partial charge in [0, 0.05) is 5.56 Å². The van der Waals surface area contributed by atoms with Gasteiger partial charge < -0.3 is 10.7 Å². The summed E-state index contributed by atoms with van der Waals surface area (Å²) in [5.74, 6) is -0.289. The van der Waals surface area contributed by atoms with Crippen LogP contribution in [0.15, 0.2) is 47.3 Å². The number of aromatic nitrogens is 1. The van der Waals surface area contributed by atoms with Crippen molar-refractivity contribution in [2.45, 2.75) is 12.4 Å². The largest absolute Gasteiger partial charge is 0.416 e. The van der Waals surface area contributed by atoms with E-state index in [0.717, 1.165) is 0 Å². The molecule has 0 amide bonds. The van der Waals surface area contributed by atoms with Gasteiger partial charge in [-0.25, -0.2) is 0 Å². The van der Waals surface area contributed by atoms with Gasteiger partial charge >= 0.3 is 12.4 Å². The topological polar surface area (TPSA) is 106 Å². The Kier molecular flexibility index (Phi) is 5.45. The Morgan fingerprint density at radius 1 is 0.750 bits per heavy atom. The first-order valence-corrected chi connectivity index (χ1v) is 8.63. The van der Waals surface area contributed by atoms with Crippen LogP contribution >= 0.6 is 0 Å². The number of aromatic amines is 1. The van der Waals surface area contributed by atoms with Crippen LogP contribution in [0.4, 0.5) is 32.2 Å². The molecule has 2 aromatic carbocycles. The summed E-state index contributed by atoms with van der Waals surface area (Å²) in [7, 11) is 0. The molecule has 3 aromatic rings. The zero-order chi connectivity index (χ0) is 23.8. The highest BCUT2D eigenvalue weighted by atomic mass is 19.4. The Morgan fingerprint density at radius 2 is 1.22 bits per heavy atom. The number of hydrogen-bond acceptors (Lipinski definition) is 4. The summed E-state index contributed by atoms with van der Waals surface area (Å²) in [6.45, 7) is 0. The molecule has 3 rings (SSSR count). The van der Waals surface area contributed by atoms with Crippen LogP contribution in [0.2, 0.25) is 0 Å². The van der Waals surface area contributed by atoms with E-state index in [4.69, 9.17) is 5.73 Å². The van der Waals surface area contributed by atoms with Gasteiger partial charge in [0.25, 0.3) is 5.56 Å². The Balaban J connectivity index is 2.19. The molecule has 0 spiro atoms. The second kappa shape index (κ2) is 7.78. The standard InChI is InChI=1S/C21H10F6N4O/c22-20(23,24)13-5-12(6-14(7-13)21(25,26)27)10-1-3-11(4-2-10)17-15(8-28)18(30)31-19(32)16(17)9-29/h1-7H,(H3,30,31,32). The van der Waals surface area contributed by atoms with Crippen molar-refractivity contribution in [1.29, 1.82) is 10.5 Å². The van der Waals surface area contributed by atoms with Crippen molar-refractivity contribution in [2.24, 2.45) is 0 Å². The number of nitrogens with two attached hydrogens (primary N) is 1. The Hall–Kier alpha value is -4.25. The normalized spacial score (nSPS) is 11.6. The second-order valence-electron chi connectivity index (χ2n) is 6.59. The average molecular weight is 448 g/mol. The van der Waals surface area contributed by atoms with Gasteiger partial charge in [0.05, 0.1) is 11.1 Å². The molecular weight excluding hydrogens is 438 g/mol. The molecule has 1 heterocycles. The van der Waals surface area contributed by atoms with Gasteiger partial charge in [-0.15, -0.1) is 0 Å². The van der Waals surface area contributed by atoms with Crippen molar-refractivity contribution >= 4 is 5.82 Å². The van der Waals surface area contributed by atoms with Crippen LogP contribution in [0.5, 0.6) is 0 Å². The molecule has 5 nitrogen and oxygen atoms in total. The number of hydrogen-bond donors (Lipinski definition) is 2. The summed E-state index contributed by atoms with van der Waals surface area (Å²) in [5.41, 5.74) is 0.963. The van der Waals surface area contributed by atoms with Crippen molar-refractivity contribution in [2.75, 3.05) is 5.73 Å². The van der Waals surface area contributed by atoms with Crippen molar-refractivity contribution in [3.63, 3.8) is 0 Å². The molecule has 0 saturated carbocycles. The van der Waals surface area contributed by atoms with Gasteiger partial charge in [-0.1, -0.05) is 24.3 Å². The van der Waals surface area contributed by atoms with E-state index in [2.05, 4.69) is 4.98 Å². The lowest BCUT2D eigenvalue weighted by atomic mass is 9.93. The maximum absolute atomic E-state index is 13.1. The van der Waals surface area contributed by atoms with Gasteiger partial charge in [-0.05, 0) is 34.9 Å². The zero-order valence-corrected chi connectivity index (χ0v) is 15.7. The molecule has 32 heavy (non-hydrogen) atoms. The number of nitriles is 2. The molecule has 11 heteroatoms. The molecule has 0 saturated heterocycles. The van der Waals surface area contributed by atoms with Gasteiger partial charge in [0.2, 0.25) is 0 Å². The van der Waals surface area contributed by atoms with Crippen molar-refractivity contribution in [3.05, 3.63) is 75.1 Å². The Morgan fingerprint density at radius 3 is 1.66 bits per heavy atom. The molecule has 0 aliphatic carbocycles. The predicted octanol–water partition coefficient (Wildman–Crippen LogP) is 5.07. The maximum Gasteiger partial charge on any atom is 0.416 e. The first-order chi connectivity index (χ1) is 14.9. The maximum atomic E-state index is 13.1. The highest BCUT2D eigenvalue weighted by Gasteiger charge is 2.37. The SMILES string of the molecule is N#Cc1c(N)[nH]c(=O)c(C#N)c1-c1ccc(-c2cc(C(F)(F)F)cc(C(F)(F)F)c2)cc1. The summed E-state index contributed by atoms with van der Waals surface area (Å²) < 4.78 is 78.6. The van der Waals surface area contributed by atoms with Crippen LogP contribution < -0.4 is 11.3 Å². The highest BCUT2D eigenvalue weighted by molar-refractivity contribution is 5.81. The van der Waals surface area contributed by atoms with E-state index in [1.165, 1.54) is 24.3 Å². The van der Waals surface area contributed by atoms with Gasteiger partial charge in [0.15, 0.2) is 0 Å². The van der Waals surface area contributed by atoms with Crippen LogP contribution in [-0.4, -0.2) is 4.98 Å². The minimum absolute atomic E-state index is 0.0141. The lowest BCUT2D eigenvalue weighted by Gasteiger charge is -2.15. The minimum Gasteiger partial charge on any atom is -0.384 e. The summed E-state index contributed by atoms with van der Waals surface area (Å²) in [6.07, 6.45) is -10.00. The molecule has 0 radical (unpaired) electrons. The Bertz CT molecular complexity index is 1310. The number of H-pyrrole nitrogens is 1. The number of nitrogens with zero attached hydrogens (tertiary/aromatic N) is 2. The second-order valence-corrected chi connectivity index (χ2v) is 6.59. The van der Waals surface area contributed by atoms with E-state index in [9.17, 15) is 41.7 Å². The molecule has 0 aliphatic heterocycles. The van der Waals surface area contributed by atoms with E-state index < -0.39 is 34.6 Å². The summed E-state index contributed by atoms with van der Waals surface area (Å²) >= 11 is 0. The smallest absolute Gasteiger partial charge is 0.384 e. The molecule has 0 unspecified atom stereocenters. The number of alkyl halides is 6. The fourth-order valence-electron chi connectivity index (χ4n) is 3.08. The molecule has 162 valence electrons. The summed E-state index contributed by atoms with van der Waals surface area (Å²) in [5, 5.41) is 18.6. The molecule has 1 aromatic heterocycles. The molecule has 0 fully saturated rings. The summed E-state index contributed by atoms with van der Waals surface area (Å²) in [6, 6.07) is 9.56. The van der Waals surface area contributed by atoms with E-state index in [1.54, 1.807) is 12.1 Å². The Labute approximate surface area is 176 Å². The molecule has 0 atom stereocenters. The number of nitrogen functional groups attached to an aromatic ring is 1. The first-order valence-electron chi connectivity index (χ1n) is 8.63. The van der Waals surface area contributed by atoms with E-state index in [1.807, 2.05) is 0 Å². The monoisotopic (exact) mass is 448 g/mol. The van der Waals surface area contributed by atoms with Crippen LogP contribution in [0, 0.1) is 22.7 Å². The number of halogens is 6. The van der Waals surface area contributed by atoms with Gasteiger partial charge in [-0.3, -0.25) is 4.79 Å². The van der Waals surface area contributed by atoms with Crippen molar-refractivity contribution in [3.8, 4) is 34.4 Å². The van der Waals surface area contributed by atoms with Gasteiger partial charge in [0.1, 0.15) is 29.1 Å². The van der Waals surface area contributed by atoms with Crippen LogP contribution in [-0.2, 0) is 12.4 Å². The zero-order valence-electron chi connectivity index (χ0n) is 15.7. The number of pyridine rings is 1. The average Bonchev–Trinajstić information content (AvgIpc) is 2.72. The third-order valence-corrected chi connectivity index (χ3v) is 4.56. The lowest BCUT2D eigenvalue weighted by molar-refractivity contribution is -0.143. The highest BCUT2D eigenvalue weighted by Crippen LogP contribution is 2.39. The predicted molar refractivity (Wildman–Crippen MR) is 102 cm³/mol. The lowest BCUT2D eigenvalue weighted by Crippen LogP contribution is -2.16. The fourth-order valence-corrected chi connectivity index (χ4v) is 3.08. The summed E-state index contributed by atoms with van der Waals surface area (Å²) in [4.78, 5) is 14.2. The molecule has 0 bridgehead atoms. The number of benzene rings is 2. The van der Waals surface area contributed by atoms with Crippen LogP contribution in [0.1, 0.15) is 22.3 Å². The van der Waals surface area contributed by atoms with Crippen molar-refractivity contribution in [1.82, 2.24) is 4.98 Å². The molecule has 3 N–H and O–H groups in total. The number of nitrogens with one attached hydrogen (secondary N) is 1. The number of anilines is 1. The van der Waals surface area contributed by atoms with Gasteiger partial charge in [-0.2, -0.15) is 36.9 Å². The van der Waals surface area contributed by atoms with Crippen molar-refractivity contribution < 1.29 is 26.3 Å². The van der Waals surface area contributed by atoms with E-state index in [-0.39, 0.29) is 39.7 Å². The van der Waals surface area contributed by atoms with Crippen LogP contribution in [0.3, 0.4) is 0 Å². The third-order valence-electron chi connectivity index (χ3n) is 4.56. The third kappa shape index (κ3) is 4.14. The molecular formula is C21H10F6N4O. The minimum atomic E-state index is -5.00. The first kappa shape index (κ1) is 22.4. The molecule has 0 aliphatic rings.